The molecule has 1 saturated heterocycles. The van der Waals surface area contributed by atoms with Crippen molar-refractivity contribution in [2.75, 3.05) is 26.3 Å². The van der Waals surface area contributed by atoms with E-state index >= 15 is 0 Å². The summed E-state index contributed by atoms with van der Waals surface area (Å²) in [6.45, 7) is 4.74. The third-order valence-electron chi connectivity index (χ3n) is 3.71. The molecule has 1 aliphatic heterocycles. The standard InChI is InChI=1S/C13H22N4O/c1-16-8-11(6-15-16)9-17-4-5-18-10-13(17)7-14-12-2-3-12/h6,8,12-14H,2-5,7,9-10H2,1H3. The van der Waals surface area contributed by atoms with E-state index in [1.54, 1.807) is 0 Å². The van der Waals surface area contributed by atoms with Gasteiger partial charge in [-0.25, -0.2) is 0 Å². The van der Waals surface area contributed by atoms with Crippen molar-refractivity contribution in [1.82, 2.24) is 20.0 Å². The first-order valence-corrected chi connectivity index (χ1v) is 6.84. The summed E-state index contributed by atoms with van der Waals surface area (Å²) >= 11 is 0. The molecular formula is C13H22N4O. The number of aromatic nitrogens is 2. The van der Waals surface area contributed by atoms with Gasteiger partial charge in [-0.15, -0.1) is 0 Å². The van der Waals surface area contributed by atoms with E-state index < -0.39 is 0 Å². The van der Waals surface area contributed by atoms with Crippen LogP contribution in [0, 0.1) is 0 Å². The van der Waals surface area contributed by atoms with Gasteiger partial charge in [0.15, 0.2) is 0 Å². The van der Waals surface area contributed by atoms with Gasteiger partial charge < -0.3 is 10.1 Å². The molecule has 5 nitrogen and oxygen atoms in total. The average Bonchev–Trinajstić information content (AvgIpc) is 3.12. The Morgan fingerprint density at radius 2 is 2.39 bits per heavy atom. The number of hydrogen-bond acceptors (Lipinski definition) is 4. The van der Waals surface area contributed by atoms with E-state index in [0.717, 1.165) is 38.9 Å². The Kier molecular flexibility index (Phi) is 3.63. The zero-order valence-corrected chi connectivity index (χ0v) is 11.0. The van der Waals surface area contributed by atoms with Gasteiger partial charge in [-0.1, -0.05) is 0 Å². The van der Waals surface area contributed by atoms with Crippen LogP contribution in [-0.2, 0) is 18.3 Å². The van der Waals surface area contributed by atoms with Crippen LogP contribution < -0.4 is 5.32 Å². The molecule has 0 amide bonds. The Hall–Kier alpha value is -0.910. The predicted octanol–water partition coefficient (Wildman–Crippen LogP) is 0.373. The quantitative estimate of drug-likeness (QED) is 0.820. The van der Waals surface area contributed by atoms with Gasteiger partial charge in [-0.3, -0.25) is 9.58 Å². The van der Waals surface area contributed by atoms with Crippen LogP contribution in [0.25, 0.3) is 0 Å². The molecule has 2 heterocycles. The minimum atomic E-state index is 0.500. The Morgan fingerprint density at radius 3 is 3.11 bits per heavy atom. The van der Waals surface area contributed by atoms with Crippen LogP contribution in [0.15, 0.2) is 12.4 Å². The number of hydrogen-bond donors (Lipinski definition) is 1. The van der Waals surface area contributed by atoms with Crippen molar-refractivity contribution in [3.63, 3.8) is 0 Å². The molecule has 0 spiro atoms. The van der Waals surface area contributed by atoms with E-state index in [-0.39, 0.29) is 0 Å². The van der Waals surface area contributed by atoms with Crippen molar-refractivity contribution in [3.05, 3.63) is 18.0 Å². The second-order valence-corrected chi connectivity index (χ2v) is 5.40. The molecular weight excluding hydrogens is 228 g/mol. The molecule has 2 aliphatic rings. The fraction of sp³-hybridized carbons (Fsp3) is 0.769. The highest BCUT2D eigenvalue weighted by molar-refractivity contribution is 5.04. The molecule has 2 fully saturated rings. The maximum Gasteiger partial charge on any atom is 0.0635 e. The van der Waals surface area contributed by atoms with Gasteiger partial charge in [0.2, 0.25) is 0 Å². The first-order valence-electron chi connectivity index (χ1n) is 6.84. The average molecular weight is 250 g/mol. The Bertz CT molecular complexity index is 388. The number of ether oxygens (including phenoxy) is 1. The smallest absolute Gasteiger partial charge is 0.0635 e. The van der Waals surface area contributed by atoms with Gasteiger partial charge in [0, 0.05) is 50.5 Å². The molecule has 0 radical (unpaired) electrons. The Labute approximate surface area is 108 Å². The lowest BCUT2D eigenvalue weighted by molar-refractivity contribution is -0.0110. The number of rotatable bonds is 5. The van der Waals surface area contributed by atoms with Crippen molar-refractivity contribution >= 4 is 0 Å². The molecule has 0 aromatic carbocycles. The highest BCUT2D eigenvalue weighted by Crippen LogP contribution is 2.19. The van der Waals surface area contributed by atoms with Crippen LogP contribution in [0.2, 0.25) is 0 Å². The van der Waals surface area contributed by atoms with Crippen molar-refractivity contribution in [2.24, 2.45) is 7.05 Å². The molecule has 3 rings (SSSR count). The topological polar surface area (TPSA) is 42.3 Å². The summed E-state index contributed by atoms with van der Waals surface area (Å²) in [4.78, 5) is 2.51. The highest BCUT2D eigenvalue weighted by Gasteiger charge is 2.26. The van der Waals surface area contributed by atoms with E-state index in [0.29, 0.717) is 6.04 Å². The highest BCUT2D eigenvalue weighted by atomic mass is 16.5. The summed E-state index contributed by atoms with van der Waals surface area (Å²) < 4.78 is 7.47. The van der Waals surface area contributed by atoms with Gasteiger partial charge in [0.1, 0.15) is 0 Å². The van der Waals surface area contributed by atoms with Gasteiger partial charge in [0.05, 0.1) is 19.4 Å². The minimum Gasteiger partial charge on any atom is -0.378 e. The lowest BCUT2D eigenvalue weighted by Gasteiger charge is -2.35. The summed E-state index contributed by atoms with van der Waals surface area (Å²) in [5.74, 6) is 0. The maximum absolute atomic E-state index is 5.61. The van der Waals surface area contributed by atoms with Crippen LogP contribution in [-0.4, -0.2) is 53.1 Å². The van der Waals surface area contributed by atoms with E-state index in [1.165, 1.54) is 18.4 Å². The first kappa shape index (κ1) is 12.1. The fourth-order valence-electron chi connectivity index (χ4n) is 2.46. The van der Waals surface area contributed by atoms with Crippen LogP contribution in [0.1, 0.15) is 18.4 Å². The van der Waals surface area contributed by atoms with Gasteiger partial charge in [0.25, 0.3) is 0 Å². The predicted molar refractivity (Wildman–Crippen MR) is 69.2 cm³/mol. The third-order valence-corrected chi connectivity index (χ3v) is 3.71. The monoisotopic (exact) mass is 250 g/mol. The third kappa shape index (κ3) is 3.10. The molecule has 1 aromatic heterocycles. The van der Waals surface area contributed by atoms with Crippen molar-refractivity contribution in [2.45, 2.75) is 31.5 Å². The molecule has 1 aromatic rings. The maximum atomic E-state index is 5.61. The largest absolute Gasteiger partial charge is 0.378 e. The first-order chi connectivity index (χ1) is 8.81. The zero-order chi connectivity index (χ0) is 12.4. The summed E-state index contributed by atoms with van der Waals surface area (Å²) in [5.41, 5.74) is 1.29. The summed E-state index contributed by atoms with van der Waals surface area (Å²) in [6, 6.07) is 1.27. The van der Waals surface area contributed by atoms with Gasteiger partial charge in [-0.2, -0.15) is 5.10 Å². The van der Waals surface area contributed by atoms with Gasteiger partial charge >= 0.3 is 0 Å². The van der Waals surface area contributed by atoms with Crippen LogP contribution in [0.5, 0.6) is 0 Å². The molecule has 5 heteroatoms. The number of nitrogens with zero attached hydrogens (tertiary/aromatic N) is 3. The van der Waals surface area contributed by atoms with Crippen LogP contribution >= 0.6 is 0 Å². The number of morpholine rings is 1. The summed E-state index contributed by atoms with van der Waals surface area (Å²) in [5, 5.41) is 7.84. The van der Waals surface area contributed by atoms with E-state index in [1.807, 2.05) is 17.9 Å². The van der Waals surface area contributed by atoms with Crippen molar-refractivity contribution in [1.29, 1.82) is 0 Å². The molecule has 1 aliphatic carbocycles. The van der Waals surface area contributed by atoms with Crippen LogP contribution in [0.3, 0.4) is 0 Å². The zero-order valence-electron chi connectivity index (χ0n) is 11.0. The van der Waals surface area contributed by atoms with E-state index in [4.69, 9.17) is 4.74 Å². The second kappa shape index (κ2) is 5.38. The molecule has 1 atom stereocenters. The molecule has 100 valence electrons. The molecule has 18 heavy (non-hydrogen) atoms. The number of nitrogens with one attached hydrogen (secondary N) is 1. The lowest BCUT2D eigenvalue weighted by atomic mass is 10.2. The normalized spacial score (nSPS) is 25.5. The van der Waals surface area contributed by atoms with Crippen molar-refractivity contribution < 1.29 is 4.74 Å². The lowest BCUT2D eigenvalue weighted by Crippen LogP contribution is -2.50. The Balaban J connectivity index is 1.56. The number of aryl methyl sites for hydroxylation is 1. The second-order valence-electron chi connectivity index (χ2n) is 5.40. The fourth-order valence-corrected chi connectivity index (χ4v) is 2.46. The molecule has 0 bridgehead atoms. The molecule has 1 unspecified atom stereocenters. The van der Waals surface area contributed by atoms with E-state index in [9.17, 15) is 0 Å². The van der Waals surface area contributed by atoms with Crippen LogP contribution in [0.4, 0.5) is 0 Å². The molecule has 1 saturated carbocycles. The van der Waals surface area contributed by atoms with Crippen molar-refractivity contribution in [3.8, 4) is 0 Å². The van der Waals surface area contributed by atoms with E-state index in [2.05, 4.69) is 21.5 Å². The molecule has 1 N–H and O–H groups in total. The SMILES string of the molecule is Cn1cc(CN2CCOCC2CNC2CC2)cn1. The Morgan fingerprint density at radius 1 is 1.50 bits per heavy atom. The minimum absolute atomic E-state index is 0.500. The summed E-state index contributed by atoms with van der Waals surface area (Å²) in [7, 11) is 1.97. The van der Waals surface area contributed by atoms with Gasteiger partial charge in [-0.05, 0) is 12.8 Å². The summed E-state index contributed by atoms with van der Waals surface area (Å²) in [6.07, 6.45) is 6.74.